The topological polar surface area (TPSA) is 70.6 Å². The van der Waals surface area contributed by atoms with Crippen molar-refractivity contribution >= 4 is 17.7 Å². The third-order valence-electron chi connectivity index (χ3n) is 5.49. The second-order valence-electron chi connectivity index (χ2n) is 7.89. The second-order valence-corrected chi connectivity index (χ2v) is 7.89. The highest BCUT2D eigenvalue weighted by Gasteiger charge is 2.22. The van der Waals surface area contributed by atoms with Gasteiger partial charge in [0.15, 0.2) is 0 Å². The largest absolute Gasteiger partial charge is 0.489 e. The van der Waals surface area contributed by atoms with Crippen molar-refractivity contribution in [3.8, 4) is 5.75 Å². The van der Waals surface area contributed by atoms with E-state index in [4.69, 9.17) is 4.74 Å². The van der Waals surface area contributed by atoms with Crippen molar-refractivity contribution in [3.63, 3.8) is 0 Å². The Kier molecular flexibility index (Phi) is 7.68. The Labute approximate surface area is 193 Å². The summed E-state index contributed by atoms with van der Waals surface area (Å²) < 4.78 is 18.1. The van der Waals surface area contributed by atoms with E-state index in [0.717, 1.165) is 22.6 Å². The van der Waals surface area contributed by atoms with Gasteiger partial charge in [-0.2, -0.15) is 0 Å². The lowest BCUT2D eigenvalue weighted by atomic mass is 10.2. The predicted octanol–water partition coefficient (Wildman–Crippen LogP) is 4.31. The molecule has 0 bridgehead atoms. The number of carbonyl (C=O) groups is 1. The smallest absolute Gasteiger partial charge is 0.321 e. The van der Waals surface area contributed by atoms with E-state index >= 15 is 0 Å². The van der Waals surface area contributed by atoms with Crippen molar-refractivity contribution in [2.45, 2.75) is 19.4 Å². The molecule has 1 fully saturated rings. The number of anilines is 2. The van der Waals surface area contributed by atoms with Crippen LogP contribution in [0.5, 0.6) is 5.75 Å². The van der Waals surface area contributed by atoms with E-state index < -0.39 is 0 Å². The highest BCUT2D eigenvalue weighted by atomic mass is 18.2. The number of benzene rings is 2. The summed E-state index contributed by atoms with van der Waals surface area (Å²) >= 11 is 0. The van der Waals surface area contributed by atoms with Crippen LogP contribution in [0.15, 0.2) is 67.0 Å². The first-order chi connectivity index (χ1) is 16.2. The number of ether oxygens (including phenoxy) is 1. The molecule has 33 heavy (non-hydrogen) atoms. The number of aromatic nitrogens is 2. The molecule has 0 radical (unpaired) electrons. The number of hydrogen-bond acceptors (Lipinski definition) is 5. The average molecular weight is 449 g/mol. The van der Waals surface area contributed by atoms with E-state index in [1.165, 1.54) is 0 Å². The number of rotatable bonds is 8. The fourth-order valence-corrected chi connectivity index (χ4v) is 3.60. The number of hydrogen-bond donors (Lipinski definition) is 1. The number of alkyl halides is 1. The predicted molar refractivity (Wildman–Crippen MR) is 126 cm³/mol. The Bertz CT molecular complexity index is 1010. The van der Waals surface area contributed by atoms with Crippen LogP contribution in [0.3, 0.4) is 0 Å². The van der Waals surface area contributed by atoms with Crippen LogP contribution in [0.25, 0.3) is 0 Å². The Morgan fingerprint density at radius 3 is 2.30 bits per heavy atom. The maximum absolute atomic E-state index is 12.7. The molecule has 2 aromatic carbocycles. The minimum absolute atomic E-state index is 0.130. The summed E-state index contributed by atoms with van der Waals surface area (Å²) in [5.74, 6) is 1.39. The normalized spacial score (nSPS) is 13.6. The molecule has 0 aliphatic carbocycles. The molecule has 7 nitrogen and oxygen atoms in total. The molecule has 1 aromatic heterocycles. The number of halogens is 1. The van der Waals surface area contributed by atoms with Crippen molar-refractivity contribution in [2.24, 2.45) is 0 Å². The number of piperazine rings is 1. The first-order valence-electron chi connectivity index (χ1n) is 11.2. The van der Waals surface area contributed by atoms with Crippen LogP contribution < -0.4 is 15.0 Å². The van der Waals surface area contributed by atoms with Gasteiger partial charge >= 0.3 is 6.03 Å². The van der Waals surface area contributed by atoms with Crippen molar-refractivity contribution in [1.29, 1.82) is 0 Å². The van der Waals surface area contributed by atoms with Gasteiger partial charge in [-0.3, -0.25) is 4.39 Å². The lowest BCUT2D eigenvalue weighted by molar-refractivity contribution is 0.208. The molecular formula is C25H28FN5O2. The average Bonchev–Trinajstić information content (AvgIpc) is 2.88. The van der Waals surface area contributed by atoms with Crippen LogP contribution in [0, 0.1) is 0 Å². The van der Waals surface area contributed by atoms with E-state index in [2.05, 4.69) is 20.2 Å². The van der Waals surface area contributed by atoms with E-state index in [1.54, 1.807) is 17.3 Å². The van der Waals surface area contributed by atoms with Crippen molar-refractivity contribution in [3.05, 3.63) is 78.1 Å². The fraction of sp³-hybridized carbons (Fsp3) is 0.320. The number of urea groups is 1. The van der Waals surface area contributed by atoms with Gasteiger partial charge in [0.05, 0.1) is 6.67 Å². The third kappa shape index (κ3) is 6.41. The van der Waals surface area contributed by atoms with Crippen LogP contribution in [0.4, 0.5) is 20.8 Å². The van der Waals surface area contributed by atoms with Gasteiger partial charge in [-0.25, -0.2) is 14.8 Å². The monoisotopic (exact) mass is 448 g/mol. The molecule has 0 saturated carbocycles. The molecule has 0 spiro atoms. The molecule has 1 saturated heterocycles. The van der Waals surface area contributed by atoms with Crippen LogP contribution in [0.2, 0.25) is 0 Å². The minimum Gasteiger partial charge on any atom is -0.489 e. The molecule has 8 heteroatoms. The van der Waals surface area contributed by atoms with Gasteiger partial charge in [-0.1, -0.05) is 30.3 Å². The van der Waals surface area contributed by atoms with Gasteiger partial charge in [-0.05, 0) is 48.2 Å². The summed E-state index contributed by atoms with van der Waals surface area (Å²) in [6, 6.07) is 17.2. The summed E-state index contributed by atoms with van der Waals surface area (Å²) in [4.78, 5) is 25.3. The van der Waals surface area contributed by atoms with E-state index in [9.17, 15) is 9.18 Å². The van der Waals surface area contributed by atoms with E-state index in [1.807, 2.05) is 54.6 Å². The molecule has 1 aliphatic rings. The summed E-state index contributed by atoms with van der Waals surface area (Å²) in [5, 5.41) is 2.95. The maximum Gasteiger partial charge on any atom is 0.321 e. The molecule has 2 amide bonds. The summed E-state index contributed by atoms with van der Waals surface area (Å²) in [7, 11) is 0. The molecule has 2 heterocycles. The van der Waals surface area contributed by atoms with E-state index in [0.29, 0.717) is 51.6 Å². The van der Waals surface area contributed by atoms with Gasteiger partial charge in [0, 0.05) is 44.3 Å². The fourth-order valence-electron chi connectivity index (χ4n) is 3.60. The zero-order chi connectivity index (χ0) is 22.9. The third-order valence-corrected chi connectivity index (χ3v) is 5.49. The molecule has 3 aromatic rings. The zero-order valence-electron chi connectivity index (χ0n) is 18.5. The van der Waals surface area contributed by atoms with Gasteiger partial charge in [0.25, 0.3) is 0 Å². The van der Waals surface area contributed by atoms with E-state index in [-0.39, 0.29) is 12.7 Å². The van der Waals surface area contributed by atoms with Gasteiger partial charge in [0.2, 0.25) is 5.95 Å². The number of nitrogens with zero attached hydrogens (tertiary/aromatic N) is 4. The molecule has 1 N–H and O–H groups in total. The number of carbonyl (C=O) groups excluding carboxylic acids is 1. The molecule has 4 rings (SSSR count). The van der Waals surface area contributed by atoms with Crippen LogP contribution in [0.1, 0.15) is 17.5 Å². The minimum atomic E-state index is -0.335. The van der Waals surface area contributed by atoms with Gasteiger partial charge < -0.3 is 19.9 Å². The highest BCUT2D eigenvalue weighted by molar-refractivity contribution is 5.89. The van der Waals surface area contributed by atoms with Crippen molar-refractivity contribution in [2.75, 3.05) is 43.1 Å². The van der Waals surface area contributed by atoms with Crippen LogP contribution in [-0.4, -0.2) is 53.8 Å². The van der Waals surface area contributed by atoms with Crippen LogP contribution >= 0.6 is 0 Å². The molecule has 0 atom stereocenters. The first-order valence-corrected chi connectivity index (χ1v) is 11.2. The van der Waals surface area contributed by atoms with Crippen molar-refractivity contribution < 1.29 is 13.9 Å². The Hall–Kier alpha value is -3.68. The van der Waals surface area contributed by atoms with Crippen molar-refractivity contribution in [1.82, 2.24) is 14.9 Å². The lowest BCUT2D eigenvalue weighted by Crippen LogP contribution is -2.50. The molecule has 172 valence electrons. The summed E-state index contributed by atoms with van der Waals surface area (Å²) in [5.41, 5.74) is 2.76. The summed E-state index contributed by atoms with van der Waals surface area (Å²) in [6.45, 7) is 2.64. The van der Waals surface area contributed by atoms with Gasteiger partial charge in [-0.15, -0.1) is 0 Å². The standard InChI is InChI=1S/C25H28FN5O2/c26-12-4-7-21-17-27-24(28-18-21)30-13-15-31(16-14-30)25(32)29-22-8-10-23(11-9-22)33-19-20-5-2-1-3-6-20/h1-3,5-6,8-11,17-18H,4,7,12-16,19H2,(H,29,32)/i26-1. The number of nitrogens with one attached hydrogen (secondary N) is 1. The molecular weight excluding hydrogens is 420 g/mol. The maximum atomic E-state index is 12.7. The highest BCUT2D eigenvalue weighted by Crippen LogP contribution is 2.18. The van der Waals surface area contributed by atoms with Crippen LogP contribution in [-0.2, 0) is 13.0 Å². The SMILES string of the molecule is O=C(Nc1ccc(OCc2ccccc2)cc1)N1CCN(c2ncc(CCC[18F])cn2)CC1. The number of amides is 2. The Morgan fingerprint density at radius 1 is 0.939 bits per heavy atom. The Balaban J connectivity index is 1.22. The number of aryl methyl sites for hydroxylation is 1. The zero-order valence-corrected chi connectivity index (χ0v) is 18.5. The Morgan fingerprint density at radius 2 is 1.64 bits per heavy atom. The summed E-state index contributed by atoms with van der Waals surface area (Å²) in [6.07, 6.45) is 4.64. The quantitative estimate of drug-likeness (QED) is 0.556. The molecule has 0 unspecified atom stereocenters. The first kappa shape index (κ1) is 22.5. The second kappa shape index (κ2) is 11.3. The lowest BCUT2D eigenvalue weighted by Gasteiger charge is -2.34. The van der Waals surface area contributed by atoms with Gasteiger partial charge in [0.1, 0.15) is 12.4 Å². The molecule has 1 aliphatic heterocycles.